The molecule has 0 aliphatic carbocycles. The standard InChI is InChI=1S/C12H10Br2N2O3S/c1-2-6-4-16(12(19)15-11(6)18)5-8(17)7-3-9(13)20-10(7)14/h3-4H,2,5H2,1H3,(H,15,18,19). The Morgan fingerprint density at radius 2 is 2.10 bits per heavy atom. The van der Waals surface area contributed by atoms with E-state index in [1.165, 1.54) is 22.1 Å². The fourth-order valence-electron chi connectivity index (χ4n) is 1.69. The van der Waals surface area contributed by atoms with E-state index in [9.17, 15) is 14.4 Å². The average molecular weight is 422 g/mol. The number of rotatable bonds is 4. The van der Waals surface area contributed by atoms with Crippen LogP contribution in [0.3, 0.4) is 0 Å². The fraction of sp³-hybridized carbons (Fsp3) is 0.250. The highest BCUT2D eigenvalue weighted by atomic mass is 79.9. The lowest BCUT2D eigenvalue weighted by Crippen LogP contribution is -2.33. The molecule has 106 valence electrons. The topological polar surface area (TPSA) is 71.9 Å². The van der Waals surface area contributed by atoms with E-state index in [4.69, 9.17) is 0 Å². The third kappa shape index (κ3) is 3.18. The lowest BCUT2D eigenvalue weighted by molar-refractivity contribution is 0.0970. The molecular weight excluding hydrogens is 412 g/mol. The van der Waals surface area contributed by atoms with Gasteiger partial charge in [0.05, 0.1) is 14.1 Å². The molecule has 1 N–H and O–H groups in total. The van der Waals surface area contributed by atoms with Crippen molar-refractivity contribution in [1.82, 2.24) is 9.55 Å². The van der Waals surface area contributed by atoms with Crippen LogP contribution in [0, 0.1) is 0 Å². The Morgan fingerprint density at radius 1 is 1.40 bits per heavy atom. The number of Topliss-reactive ketones (excluding diaryl/α,β-unsaturated/α-hetero) is 1. The molecule has 0 aliphatic heterocycles. The number of nitrogens with one attached hydrogen (secondary N) is 1. The first-order valence-electron chi connectivity index (χ1n) is 5.73. The molecule has 0 saturated carbocycles. The minimum Gasteiger partial charge on any atom is -0.293 e. The quantitative estimate of drug-likeness (QED) is 0.771. The summed E-state index contributed by atoms with van der Waals surface area (Å²) in [6, 6.07) is 1.70. The van der Waals surface area contributed by atoms with Crippen molar-refractivity contribution in [2.45, 2.75) is 19.9 Å². The van der Waals surface area contributed by atoms with E-state index in [-0.39, 0.29) is 12.3 Å². The molecule has 2 aromatic rings. The van der Waals surface area contributed by atoms with Gasteiger partial charge in [0.25, 0.3) is 5.56 Å². The minimum atomic E-state index is -0.578. The van der Waals surface area contributed by atoms with Gasteiger partial charge < -0.3 is 0 Å². The van der Waals surface area contributed by atoms with Gasteiger partial charge in [0.15, 0.2) is 5.78 Å². The number of hydrogen-bond acceptors (Lipinski definition) is 4. The predicted octanol–water partition coefficient (Wildman–Crippen LogP) is 2.57. The molecule has 0 atom stereocenters. The van der Waals surface area contributed by atoms with Gasteiger partial charge in [-0.05, 0) is 44.3 Å². The number of ketones is 1. The molecule has 8 heteroatoms. The van der Waals surface area contributed by atoms with Crippen LogP contribution < -0.4 is 11.2 Å². The second kappa shape index (κ2) is 6.19. The first-order valence-corrected chi connectivity index (χ1v) is 8.13. The van der Waals surface area contributed by atoms with Crippen LogP contribution in [0.2, 0.25) is 0 Å². The summed E-state index contributed by atoms with van der Waals surface area (Å²) in [6.45, 7) is 1.71. The largest absolute Gasteiger partial charge is 0.328 e. The summed E-state index contributed by atoms with van der Waals surface area (Å²) < 4.78 is 2.76. The maximum Gasteiger partial charge on any atom is 0.328 e. The molecule has 0 spiro atoms. The average Bonchev–Trinajstić information content (AvgIpc) is 2.71. The van der Waals surface area contributed by atoms with Crippen LogP contribution in [-0.4, -0.2) is 15.3 Å². The number of halogens is 2. The number of aryl methyl sites for hydroxylation is 1. The first kappa shape index (κ1) is 15.4. The summed E-state index contributed by atoms with van der Waals surface area (Å²) in [7, 11) is 0. The number of aromatic amines is 1. The van der Waals surface area contributed by atoms with Gasteiger partial charge in [-0.1, -0.05) is 6.92 Å². The van der Waals surface area contributed by atoms with Gasteiger partial charge in [-0.2, -0.15) is 0 Å². The molecule has 0 bridgehead atoms. The zero-order chi connectivity index (χ0) is 14.9. The highest BCUT2D eigenvalue weighted by Gasteiger charge is 2.15. The zero-order valence-corrected chi connectivity index (χ0v) is 14.4. The Kier molecular flexibility index (Phi) is 4.77. The number of H-pyrrole nitrogens is 1. The van der Waals surface area contributed by atoms with Gasteiger partial charge in [-0.3, -0.25) is 19.1 Å². The second-order valence-corrected chi connectivity index (χ2v) is 7.81. The molecule has 2 aromatic heterocycles. The third-order valence-corrected chi connectivity index (χ3v) is 5.08. The van der Waals surface area contributed by atoms with Gasteiger partial charge in [0.1, 0.15) is 0 Å². The van der Waals surface area contributed by atoms with Crippen molar-refractivity contribution in [3.8, 4) is 0 Å². The van der Waals surface area contributed by atoms with Gasteiger partial charge in [0, 0.05) is 17.3 Å². The Bertz CT molecular complexity index is 776. The predicted molar refractivity (Wildman–Crippen MR) is 84.8 cm³/mol. The number of carbonyl (C=O) groups excluding carboxylic acids is 1. The van der Waals surface area contributed by atoms with Crippen LogP contribution >= 0.6 is 43.2 Å². The Morgan fingerprint density at radius 3 is 2.65 bits per heavy atom. The van der Waals surface area contributed by atoms with Crippen LogP contribution in [0.4, 0.5) is 0 Å². The summed E-state index contributed by atoms with van der Waals surface area (Å²) in [5.41, 5.74) is 0.00705. The molecule has 0 fully saturated rings. The number of nitrogens with zero attached hydrogens (tertiary/aromatic N) is 1. The summed E-state index contributed by atoms with van der Waals surface area (Å²) in [4.78, 5) is 37.6. The van der Waals surface area contributed by atoms with Crippen LogP contribution in [0.1, 0.15) is 22.8 Å². The van der Waals surface area contributed by atoms with Gasteiger partial charge in [-0.25, -0.2) is 4.79 Å². The number of hydrogen-bond donors (Lipinski definition) is 1. The molecule has 0 aromatic carbocycles. The monoisotopic (exact) mass is 420 g/mol. The van der Waals surface area contributed by atoms with E-state index in [1.807, 2.05) is 6.92 Å². The van der Waals surface area contributed by atoms with Gasteiger partial charge in [0.2, 0.25) is 0 Å². The maximum atomic E-state index is 12.2. The molecule has 0 amide bonds. The molecule has 2 heterocycles. The van der Waals surface area contributed by atoms with Crippen LogP contribution in [0.25, 0.3) is 0 Å². The molecule has 20 heavy (non-hydrogen) atoms. The van der Waals surface area contributed by atoms with E-state index in [2.05, 4.69) is 36.8 Å². The summed E-state index contributed by atoms with van der Waals surface area (Å²) in [5.74, 6) is -0.199. The Labute approximate surface area is 134 Å². The van der Waals surface area contributed by atoms with Crippen molar-refractivity contribution in [1.29, 1.82) is 0 Å². The molecular formula is C12H10Br2N2O3S. The third-order valence-electron chi connectivity index (χ3n) is 2.74. The van der Waals surface area contributed by atoms with Crippen molar-refractivity contribution in [3.63, 3.8) is 0 Å². The minimum absolute atomic E-state index is 0.107. The fourth-order valence-corrected chi connectivity index (χ4v) is 4.55. The smallest absolute Gasteiger partial charge is 0.293 e. The molecule has 2 rings (SSSR count). The Balaban J connectivity index is 2.35. The van der Waals surface area contributed by atoms with Crippen molar-refractivity contribution in [3.05, 3.63) is 51.8 Å². The maximum absolute atomic E-state index is 12.2. The molecule has 0 saturated heterocycles. The van der Waals surface area contributed by atoms with Crippen molar-refractivity contribution in [2.75, 3.05) is 0 Å². The van der Waals surface area contributed by atoms with Crippen molar-refractivity contribution < 1.29 is 4.79 Å². The second-order valence-electron chi connectivity index (χ2n) is 4.06. The van der Waals surface area contributed by atoms with Crippen LogP contribution in [-0.2, 0) is 13.0 Å². The lowest BCUT2D eigenvalue weighted by Gasteiger charge is -2.05. The van der Waals surface area contributed by atoms with Crippen LogP contribution in [0.15, 0.2) is 29.4 Å². The SMILES string of the molecule is CCc1cn(CC(=O)c2cc(Br)sc2Br)c(=O)[nH]c1=O. The van der Waals surface area contributed by atoms with Crippen molar-refractivity contribution in [2.24, 2.45) is 0 Å². The molecule has 0 aliphatic rings. The van der Waals surface area contributed by atoms with E-state index in [0.717, 1.165) is 3.79 Å². The Hall–Kier alpha value is -0.990. The number of carbonyl (C=O) groups is 1. The van der Waals surface area contributed by atoms with Crippen LogP contribution in [0.5, 0.6) is 0 Å². The number of aromatic nitrogens is 2. The normalized spacial score (nSPS) is 10.8. The molecule has 0 unspecified atom stereocenters. The molecule has 5 nitrogen and oxygen atoms in total. The summed E-state index contributed by atoms with van der Waals surface area (Å²) in [5, 5.41) is 0. The van der Waals surface area contributed by atoms with E-state index in [0.29, 0.717) is 21.3 Å². The van der Waals surface area contributed by atoms with E-state index in [1.54, 1.807) is 6.07 Å². The van der Waals surface area contributed by atoms with E-state index >= 15 is 0 Å². The number of thiophene rings is 1. The zero-order valence-electron chi connectivity index (χ0n) is 10.4. The van der Waals surface area contributed by atoms with E-state index < -0.39 is 11.2 Å². The highest BCUT2D eigenvalue weighted by molar-refractivity contribution is 9.12. The first-order chi connectivity index (χ1) is 9.42. The summed E-state index contributed by atoms with van der Waals surface area (Å²) >= 11 is 8.01. The lowest BCUT2D eigenvalue weighted by atomic mass is 10.2. The van der Waals surface area contributed by atoms with Crippen molar-refractivity contribution >= 4 is 49.0 Å². The van der Waals surface area contributed by atoms with Gasteiger partial charge >= 0.3 is 5.69 Å². The highest BCUT2D eigenvalue weighted by Crippen LogP contribution is 2.32. The molecule has 0 radical (unpaired) electrons. The summed E-state index contributed by atoms with van der Waals surface area (Å²) in [6.07, 6.45) is 1.94. The van der Waals surface area contributed by atoms with Gasteiger partial charge in [-0.15, -0.1) is 11.3 Å².